The molecule has 0 bridgehead atoms. The van der Waals surface area contributed by atoms with Gasteiger partial charge in [0.05, 0.1) is 0 Å². The van der Waals surface area contributed by atoms with Crippen LogP contribution in [0.4, 0.5) is 0 Å². The molecule has 1 nitrogen and oxygen atoms in total. The first-order valence-corrected chi connectivity index (χ1v) is 4.21. The number of hydrogen-bond donors (Lipinski definition) is 1. The zero-order chi connectivity index (χ0) is 7.23. The molecule has 0 spiro atoms. The Morgan fingerprint density at radius 1 is 1.50 bits per heavy atom. The maximum Gasteiger partial charge on any atom is 0.0431 e. The quantitative estimate of drug-likeness (QED) is 0.595. The number of rotatable bonds is 3. The second-order valence-electron chi connectivity index (χ2n) is 2.98. The summed E-state index contributed by atoms with van der Waals surface area (Å²) in [5.74, 6) is 0.765. The number of aliphatic hydroxyl groups is 1. The molecule has 0 aliphatic heterocycles. The molecule has 1 rings (SSSR count). The standard InChI is InChI=1S/C9H16O/c10-8-4-7-9-5-2-1-3-6-9/h2,5,9-10H,1,3-4,6-8H2/t9-/m0/s1. The Labute approximate surface area is 62.8 Å². The Morgan fingerprint density at radius 3 is 3.00 bits per heavy atom. The van der Waals surface area contributed by atoms with Gasteiger partial charge in [0.2, 0.25) is 0 Å². The molecule has 58 valence electrons. The molecule has 0 aromatic rings. The van der Waals surface area contributed by atoms with Crippen molar-refractivity contribution in [2.24, 2.45) is 5.92 Å². The highest BCUT2D eigenvalue weighted by Gasteiger charge is 2.06. The van der Waals surface area contributed by atoms with Crippen molar-refractivity contribution in [3.8, 4) is 0 Å². The molecule has 1 atom stereocenters. The lowest BCUT2D eigenvalue weighted by Crippen LogP contribution is -2.01. The van der Waals surface area contributed by atoms with Gasteiger partial charge in [-0.15, -0.1) is 0 Å². The third kappa shape index (κ3) is 2.53. The Bertz CT molecular complexity index is 107. The zero-order valence-electron chi connectivity index (χ0n) is 6.42. The highest BCUT2D eigenvalue weighted by molar-refractivity contribution is 4.92. The van der Waals surface area contributed by atoms with Gasteiger partial charge in [0, 0.05) is 6.61 Å². The minimum absolute atomic E-state index is 0.352. The van der Waals surface area contributed by atoms with Crippen molar-refractivity contribution in [1.82, 2.24) is 0 Å². The van der Waals surface area contributed by atoms with Crippen molar-refractivity contribution < 1.29 is 5.11 Å². The van der Waals surface area contributed by atoms with Crippen LogP contribution in [0.25, 0.3) is 0 Å². The molecule has 10 heavy (non-hydrogen) atoms. The molecule has 1 N–H and O–H groups in total. The molecule has 0 heterocycles. The van der Waals surface area contributed by atoms with Crippen molar-refractivity contribution >= 4 is 0 Å². The van der Waals surface area contributed by atoms with Gasteiger partial charge in [-0.05, 0) is 38.0 Å². The molecule has 0 radical (unpaired) electrons. The molecular formula is C9H16O. The summed E-state index contributed by atoms with van der Waals surface area (Å²) in [5.41, 5.74) is 0. The lowest BCUT2D eigenvalue weighted by atomic mass is 9.92. The predicted molar refractivity (Wildman–Crippen MR) is 42.8 cm³/mol. The first-order chi connectivity index (χ1) is 4.93. The van der Waals surface area contributed by atoms with Gasteiger partial charge in [-0.3, -0.25) is 0 Å². The largest absolute Gasteiger partial charge is 0.396 e. The average molecular weight is 140 g/mol. The number of hydrogen-bond acceptors (Lipinski definition) is 1. The second-order valence-corrected chi connectivity index (χ2v) is 2.98. The average Bonchev–Trinajstić information content (AvgIpc) is 2.03. The van der Waals surface area contributed by atoms with E-state index in [9.17, 15) is 0 Å². The summed E-state index contributed by atoms with van der Waals surface area (Å²) in [7, 11) is 0. The van der Waals surface area contributed by atoms with Gasteiger partial charge in [0.1, 0.15) is 0 Å². The molecule has 0 aromatic carbocycles. The van der Waals surface area contributed by atoms with E-state index in [1.807, 2.05) is 0 Å². The van der Waals surface area contributed by atoms with Crippen molar-refractivity contribution in [2.45, 2.75) is 32.1 Å². The summed E-state index contributed by atoms with van der Waals surface area (Å²) in [6.07, 6.45) is 10.6. The third-order valence-electron chi connectivity index (χ3n) is 2.09. The Balaban J connectivity index is 2.13. The summed E-state index contributed by atoms with van der Waals surface area (Å²) in [6.45, 7) is 0.352. The molecule has 1 heteroatoms. The fourth-order valence-electron chi connectivity index (χ4n) is 1.48. The fraction of sp³-hybridized carbons (Fsp3) is 0.778. The van der Waals surface area contributed by atoms with Crippen LogP contribution in [-0.2, 0) is 0 Å². The highest BCUT2D eigenvalue weighted by atomic mass is 16.2. The van der Waals surface area contributed by atoms with Crippen LogP contribution in [0.3, 0.4) is 0 Å². The minimum Gasteiger partial charge on any atom is -0.396 e. The molecule has 1 aliphatic rings. The maximum atomic E-state index is 8.57. The lowest BCUT2D eigenvalue weighted by molar-refractivity contribution is 0.274. The second kappa shape index (κ2) is 4.51. The van der Waals surface area contributed by atoms with Crippen molar-refractivity contribution in [3.63, 3.8) is 0 Å². The molecule has 0 fully saturated rings. The van der Waals surface area contributed by atoms with E-state index in [0.29, 0.717) is 6.61 Å². The lowest BCUT2D eigenvalue weighted by Gasteiger charge is -2.14. The summed E-state index contributed by atoms with van der Waals surface area (Å²) < 4.78 is 0. The van der Waals surface area contributed by atoms with Crippen LogP contribution in [-0.4, -0.2) is 11.7 Å². The molecule has 0 unspecified atom stereocenters. The first-order valence-electron chi connectivity index (χ1n) is 4.21. The molecule has 0 amide bonds. The summed E-state index contributed by atoms with van der Waals surface area (Å²) in [4.78, 5) is 0. The van der Waals surface area contributed by atoms with E-state index in [-0.39, 0.29) is 0 Å². The number of aliphatic hydroxyl groups excluding tert-OH is 1. The normalized spacial score (nSPS) is 25.1. The van der Waals surface area contributed by atoms with Gasteiger partial charge in [0.15, 0.2) is 0 Å². The van der Waals surface area contributed by atoms with Gasteiger partial charge in [-0.25, -0.2) is 0 Å². The van der Waals surface area contributed by atoms with Crippen LogP contribution in [0.5, 0.6) is 0 Å². The van der Waals surface area contributed by atoms with Crippen molar-refractivity contribution in [3.05, 3.63) is 12.2 Å². The monoisotopic (exact) mass is 140 g/mol. The molecule has 1 aliphatic carbocycles. The Hall–Kier alpha value is -0.300. The van der Waals surface area contributed by atoms with Gasteiger partial charge >= 0.3 is 0 Å². The Morgan fingerprint density at radius 2 is 2.40 bits per heavy atom. The molecule has 0 saturated carbocycles. The molecule has 0 aromatic heterocycles. The van der Waals surface area contributed by atoms with Crippen LogP contribution in [0, 0.1) is 5.92 Å². The first kappa shape index (κ1) is 7.80. The van der Waals surface area contributed by atoms with Crippen LogP contribution in [0.15, 0.2) is 12.2 Å². The van der Waals surface area contributed by atoms with Gasteiger partial charge in [0.25, 0.3) is 0 Å². The van der Waals surface area contributed by atoms with E-state index in [1.54, 1.807) is 0 Å². The topological polar surface area (TPSA) is 20.2 Å². The van der Waals surface area contributed by atoms with Crippen LogP contribution >= 0.6 is 0 Å². The van der Waals surface area contributed by atoms with E-state index in [0.717, 1.165) is 12.3 Å². The van der Waals surface area contributed by atoms with Crippen LogP contribution < -0.4 is 0 Å². The minimum atomic E-state index is 0.352. The zero-order valence-corrected chi connectivity index (χ0v) is 6.42. The summed E-state index contributed by atoms with van der Waals surface area (Å²) >= 11 is 0. The van der Waals surface area contributed by atoms with Gasteiger partial charge < -0.3 is 5.11 Å². The van der Waals surface area contributed by atoms with E-state index >= 15 is 0 Å². The smallest absolute Gasteiger partial charge is 0.0431 e. The predicted octanol–water partition coefficient (Wildman–Crippen LogP) is 2.12. The number of allylic oxidation sites excluding steroid dienone is 2. The van der Waals surface area contributed by atoms with Crippen molar-refractivity contribution in [2.75, 3.05) is 6.61 Å². The Kier molecular flexibility index (Phi) is 3.52. The molecular weight excluding hydrogens is 124 g/mol. The van der Waals surface area contributed by atoms with Gasteiger partial charge in [-0.1, -0.05) is 12.2 Å². The van der Waals surface area contributed by atoms with E-state index in [4.69, 9.17) is 5.11 Å². The van der Waals surface area contributed by atoms with Crippen molar-refractivity contribution in [1.29, 1.82) is 0 Å². The van der Waals surface area contributed by atoms with Crippen LogP contribution in [0.1, 0.15) is 32.1 Å². The molecule has 0 saturated heterocycles. The van der Waals surface area contributed by atoms with E-state index < -0.39 is 0 Å². The summed E-state index contributed by atoms with van der Waals surface area (Å²) in [5, 5.41) is 8.57. The van der Waals surface area contributed by atoms with E-state index in [1.165, 1.54) is 25.7 Å². The fourth-order valence-corrected chi connectivity index (χ4v) is 1.48. The van der Waals surface area contributed by atoms with E-state index in [2.05, 4.69) is 12.2 Å². The highest BCUT2D eigenvalue weighted by Crippen LogP contribution is 2.20. The SMILES string of the molecule is OCCC[C@H]1C=CCCC1. The summed E-state index contributed by atoms with van der Waals surface area (Å²) in [6, 6.07) is 0. The van der Waals surface area contributed by atoms with Crippen LogP contribution in [0.2, 0.25) is 0 Å². The van der Waals surface area contributed by atoms with Gasteiger partial charge in [-0.2, -0.15) is 0 Å². The third-order valence-corrected chi connectivity index (χ3v) is 2.09. The maximum absolute atomic E-state index is 8.57.